The summed E-state index contributed by atoms with van der Waals surface area (Å²) >= 11 is 3.52. The van der Waals surface area contributed by atoms with Crippen LogP contribution in [-0.2, 0) is 4.79 Å². The number of halogens is 1. The molecule has 1 aliphatic rings. The summed E-state index contributed by atoms with van der Waals surface area (Å²) in [4.78, 5) is 25.0. The van der Waals surface area contributed by atoms with Crippen LogP contribution in [0.25, 0.3) is 10.8 Å². The molecule has 0 saturated carbocycles. The number of carbonyl (C=O) groups is 2. The molecule has 2 aromatic rings. The summed E-state index contributed by atoms with van der Waals surface area (Å²) in [6.45, 7) is 3.11. The number of nitrogens with one attached hydrogen (secondary N) is 1. The van der Waals surface area contributed by atoms with Gasteiger partial charge in [0.2, 0.25) is 0 Å². The molecule has 0 radical (unpaired) electrons. The van der Waals surface area contributed by atoms with Crippen LogP contribution in [0.2, 0.25) is 0 Å². The lowest BCUT2D eigenvalue weighted by molar-refractivity contribution is -0.131. The highest BCUT2D eigenvalue weighted by molar-refractivity contribution is 9.10. The molecule has 7 heteroatoms. The summed E-state index contributed by atoms with van der Waals surface area (Å²) in [5, 5.41) is 14.8. The standard InChI is InChI=1S/C18H19BrN2O4/c1-18(2)16(23)21(17(24)20-18)9-12(22)10-25-14-8-7-11-5-3-4-6-13(11)15(14)19/h3-8,12,22H,9-10H2,1-2H3,(H,20,24)/t12-/m1/s1. The normalized spacial score (nSPS) is 17.7. The number of hydrogen-bond donors (Lipinski definition) is 2. The Hall–Kier alpha value is -2.12. The number of aliphatic hydroxyl groups is 1. The Bertz CT molecular complexity index is 837. The molecule has 1 aliphatic heterocycles. The van der Waals surface area contributed by atoms with Crippen molar-refractivity contribution in [2.75, 3.05) is 13.2 Å². The lowest BCUT2D eigenvalue weighted by Gasteiger charge is -2.20. The van der Waals surface area contributed by atoms with E-state index in [1.165, 1.54) is 0 Å². The highest BCUT2D eigenvalue weighted by Crippen LogP contribution is 2.33. The first-order valence-electron chi connectivity index (χ1n) is 7.92. The molecule has 2 N–H and O–H groups in total. The number of imide groups is 1. The molecule has 6 nitrogen and oxygen atoms in total. The zero-order valence-electron chi connectivity index (χ0n) is 14.0. The van der Waals surface area contributed by atoms with Gasteiger partial charge in [0.05, 0.1) is 11.0 Å². The molecule has 0 spiro atoms. The summed E-state index contributed by atoms with van der Waals surface area (Å²) in [7, 11) is 0. The topological polar surface area (TPSA) is 78.9 Å². The third kappa shape index (κ3) is 3.48. The Morgan fingerprint density at radius 2 is 1.96 bits per heavy atom. The van der Waals surface area contributed by atoms with Gasteiger partial charge in [0.1, 0.15) is 24.0 Å². The molecule has 1 heterocycles. The van der Waals surface area contributed by atoms with E-state index in [0.29, 0.717) is 5.75 Å². The summed E-state index contributed by atoms with van der Waals surface area (Å²) in [6, 6.07) is 11.1. The Balaban J connectivity index is 1.65. The van der Waals surface area contributed by atoms with Crippen molar-refractivity contribution in [2.45, 2.75) is 25.5 Å². The van der Waals surface area contributed by atoms with E-state index in [9.17, 15) is 14.7 Å². The van der Waals surface area contributed by atoms with E-state index in [4.69, 9.17) is 4.74 Å². The van der Waals surface area contributed by atoms with E-state index in [2.05, 4.69) is 21.2 Å². The third-order valence-electron chi connectivity index (χ3n) is 4.10. The van der Waals surface area contributed by atoms with Crippen molar-refractivity contribution < 1.29 is 19.4 Å². The molecule has 0 aliphatic carbocycles. The van der Waals surface area contributed by atoms with Gasteiger partial charge >= 0.3 is 6.03 Å². The first-order chi connectivity index (χ1) is 11.8. The number of β-amino-alcohol motifs (C(OH)–C–C–N with tert-alkyl or cyclic N) is 1. The lowest BCUT2D eigenvalue weighted by Crippen LogP contribution is -2.42. The quantitative estimate of drug-likeness (QED) is 0.748. The highest BCUT2D eigenvalue weighted by Gasteiger charge is 2.44. The molecule has 132 valence electrons. The van der Waals surface area contributed by atoms with Gasteiger partial charge in [0.25, 0.3) is 5.91 Å². The van der Waals surface area contributed by atoms with Crippen LogP contribution in [0.3, 0.4) is 0 Å². The van der Waals surface area contributed by atoms with Crippen molar-refractivity contribution in [1.29, 1.82) is 0 Å². The van der Waals surface area contributed by atoms with Crippen LogP contribution in [0, 0.1) is 0 Å². The van der Waals surface area contributed by atoms with Gasteiger partial charge in [-0.2, -0.15) is 0 Å². The largest absolute Gasteiger partial charge is 0.490 e. The van der Waals surface area contributed by atoms with Gasteiger partial charge in [-0.15, -0.1) is 0 Å². The number of benzene rings is 2. The maximum Gasteiger partial charge on any atom is 0.325 e. The summed E-state index contributed by atoms with van der Waals surface area (Å²) in [5.74, 6) is 0.235. The second-order valence-corrected chi connectivity index (χ2v) is 7.33. The highest BCUT2D eigenvalue weighted by atomic mass is 79.9. The molecule has 0 unspecified atom stereocenters. The number of amides is 3. The second kappa shape index (κ2) is 6.65. The Labute approximate surface area is 153 Å². The van der Waals surface area contributed by atoms with Gasteiger partial charge in [0, 0.05) is 0 Å². The average molecular weight is 407 g/mol. The maximum absolute atomic E-state index is 12.1. The summed E-state index contributed by atoms with van der Waals surface area (Å²) in [6.07, 6.45) is -0.984. The number of nitrogens with zero attached hydrogens (tertiary/aromatic N) is 1. The molecular weight excluding hydrogens is 388 g/mol. The summed E-state index contributed by atoms with van der Waals surface area (Å²) in [5.41, 5.74) is -0.945. The first kappa shape index (κ1) is 17.7. The van der Waals surface area contributed by atoms with Crippen molar-refractivity contribution in [1.82, 2.24) is 10.2 Å². The molecule has 3 rings (SSSR count). The van der Waals surface area contributed by atoms with Gasteiger partial charge in [-0.3, -0.25) is 9.69 Å². The van der Waals surface area contributed by atoms with Gasteiger partial charge in [-0.25, -0.2) is 4.79 Å². The SMILES string of the molecule is CC1(C)NC(=O)N(C[C@@H](O)COc2ccc3ccccc3c2Br)C1=O. The Kier molecular flexibility index (Phi) is 4.71. The third-order valence-corrected chi connectivity index (χ3v) is 4.91. The van der Waals surface area contributed by atoms with Crippen LogP contribution in [0.15, 0.2) is 40.9 Å². The molecule has 1 saturated heterocycles. The number of fused-ring (bicyclic) bond motifs is 1. The van der Waals surface area contributed by atoms with E-state index in [0.717, 1.165) is 20.1 Å². The fourth-order valence-corrected chi connectivity index (χ4v) is 3.37. The van der Waals surface area contributed by atoms with E-state index in [1.54, 1.807) is 13.8 Å². The van der Waals surface area contributed by atoms with Crippen LogP contribution in [0.4, 0.5) is 4.79 Å². The number of urea groups is 1. The maximum atomic E-state index is 12.1. The number of rotatable bonds is 5. The molecular formula is C18H19BrN2O4. The van der Waals surface area contributed by atoms with Crippen LogP contribution in [-0.4, -0.2) is 46.7 Å². The Morgan fingerprint density at radius 1 is 1.24 bits per heavy atom. The average Bonchev–Trinajstić information content (AvgIpc) is 2.76. The number of carbonyl (C=O) groups excluding carboxylic acids is 2. The van der Waals surface area contributed by atoms with Gasteiger partial charge in [0.15, 0.2) is 0 Å². The van der Waals surface area contributed by atoms with Crippen molar-refractivity contribution in [2.24, 2.45) is 0 Å². The second-order valence-electron chi connectivity index (χ2n) is 6.53. The van der Waals surface area contributed by atoms with Crippen molar-refractivity contribution in [3.8, 4) is 5.75 Å². The molecule has 0 bridgehead atoms. The molecule has 2 aromatic carbocycles. The monoisotopic (exact) mass is 406 g/mol. The first-order valence-corrected chi connectivity index (χ1v) is 8.71. The molecule has 0 aromatic heterocycles. The van der Waals surface area contributed by atoms with Crippen molar-refractivity contribution >= 4 is 38.6 Å². The fraction of sp³-hybridized carbons (Fsp3) is 0.333. The van der Waals surface area contributed by atoms with E-state index in [1.807, 2.05) is 36.4 Å². The predicted molar refractivity (Wildman–Crippen MR) is 97.5 cm³/mol. The summed E-state index contributed by atoms with van der Waals surface area (Å²) < 4.78 is 6.47. The minimum absolute atomic E-state index is 0.0333. The minimum atomic E-state index is -0.984. The van der Waals surface area contributed by atoms with Crippen LogP contribution in [0.1, 0.15) is 13.8 Å². The fourth-order valence-electron chi connectivity index (χ4n) is 2.76. The lowest BCUT2D eigenvalue weighted by atomic mass is 10.1. The van der Waals surface area contributed by atoms with Crippen LogP contribution < -0.4 is 10.1 Å². The number of ether oxygens (including phenoxy) is 1. The zero-order valence-corrected chi connectivity index (χ0v) is 15.5. The van der Waals surface area contributed by atoms with Gasteiger partial charge in [-0.05, 0) is 46.6 Å². The van der Waals surface area contributed by atoms with E-state index >= 15 is 0 Å². The molecule has 3 amide bonds. The smallest absolute Gasteiger partial charge is 0.325 e. The van der Waals surface area contributed by atoms with Crippen LogP contribution in [0.5, 0.6) is 5.75 Å². The predicted octanol–water partition coefficient (Wildman–Crippen LogP) is 2.67. The molecule has 1 atom stereocenters. The Morgan fingerprint density at radius 3 is 2.64 bits per heavy atom. The molecule has 25 heavy (non-hydrogen) atoms. The van der Waals surface area contributed by atoms with E-state index < -0.39 is 17.7 Å². The zero-order chi connectivity index (χ0) is 18.2. The van der Waals surface area contributed by atoms with Crippen molar-refractivity contribution in [3.63, 3.8) is 0 Å². The van der Waals surface area contributed by atoms with Gasteiger partial charge in [-0.1, -0.05) is 30.3 Å². The van der Waals surface area contributed by atoms with E-state index in [-0.39, 0.29) is 19.1 Å². The molecule has 1 fully saturated rings. The van der Waals surface area contributed by atoms with Crippen LogP contribution >= 0.6 is 15.9 Å². The van der Waals surface area contributed by atoms with Gasteiger partial charge < -0.3 is 15.2 Å². The number of aliphatic hydroxyl groups excluding tert-OH is 1. The van der Waals surface area contributed by atoms with Crippen molar-refractivity contribution in [3.05, 3.63) is 40.9 Å². The minimum Gasteiger partial charge on any atom is -0.490 e. The number of hydrogen-bond acceptors (Lipinski definition) is 4.